The zero-order valence-electron chi connectivity index (χ0n) is 14.7. The Morgan fingerprint density at radius 2 is 1.79 bits per heavy atom. The molecular formula is C19H14ClF3N4O2. The van der Waals surface area contributed by atoms with Crippen molar-refractivity contribution in [2.24, 2.45) is 0 Å². The number of benzene rings is 2. The third kappa shape index (κ3) is 4.94. The average Bonchev–Trinajstić information content (AvgIpc) is 3.13. The van der Waals surface area contributed by atoms with E-state index in [1.165, 1.54) is 24.3 Å². The fraction of sp³-hybridized carbons (Fsp3) is 0.105. The topological polar surface area (TPSA) is 76.0 Å². The van der Waals surface area contributed by atoms with Crippen LogP contribution in [0.5, 0.6) is 0 Å². The minimum atomic E-state index is -4.86. The van der Waals surface area contributed by atoms with E-state index < -0.39 is 35.8 Å². The number of hydrogen-bond acceptors (Lipinski definition) is 3. The molecule has 150 valence electrons. The summed E-state index contributed by atoms with van der Waals surface area (Å²) >= 11 is 5.84. The van der Waals surface area contributed by atoms with Crippen LogP contribution in [0, 0.1) is 0 Å². The fourth-order valence-electron chi connectivity index (χ4n) is 2.57. The zero-order chi connectivity index (χ0) is 21.0. The summed E-state index contributed by atoms with van der Waals surface area (Å²) in [5.41, 5.74) is -1.42. The van der Waals surface area contributed by atoms with E-state index in [-0.39, 0.29) is 10.7 Å². The van der Waals surface area contributed by atoms with Gasteiger partial charge in [0, 0.05) is 10.7 Å². The Bertz CT molecular complexity index is 1040. The van der Waals surface area contributed by atoms with E-state index in [0.717, 1.165) is 6.20 Å². The van der Waals surface area contributed by atoms with Crippen molar-refractivity contribution in [2.45, 2.75) is 6.18 Å². The van der Waals surface area contributed by atoms with Gasteiger partial charge in [-0.15, -0.1) is 0 Å². The lowest BCUT2D eigenvalue weighted by Crippen LogP contribution is -2.34. The summed E-state index contributed by atoms with van der Waals surface area (Å²) in [4.78, 5) is 24.2. The molecule has 0 unspecified atom stereocenters. The molecule has 1 heterocycles. The van der Waals surface area contributed by atoms with Crippen LogP contribution in [0.15, 0.2) is 60.8 Å². The van der Waals surface area contributed by atoms with E-state index in [0.29, 0.717) is 10.4 Å². The molecule has 0 aliphatic rings. The predicted octanol–water partition coefficient (Wildman–Crippen LogP) is 3.91. The van der Waals surface area contributed by atoms with Gasteiger partial charge in [-0.25, -0.2) is 4.68 Å². The van der Waals surface area contributed by atoms with Crippen molar-refractivity contribution in [3.8, 4) is 5.69 Å². The second-order valence-electron chi connectivity index (χ2n) is 5.89. The predicted molar refractivity (Wildman–Crippen MR) is 101 cm³/mol. The Kier molecular flexibility index (Phi) is 5.88. The molecule has 2 N–H and O–H groups in total. The van der Waals surface area contributed by atoms with Crippen molar-refractivity contribution in [2.75, 3.05) is 11.9 Å². The van der Waals surface area contributed by atoms with Crippen LogP contribution in [0.25, 0.3) is 5.69 Å². The standard InChI is InChI=1S/C19H14ClF3N4O2/c20-12-5-4-8-14(9-12)27-17(19(21,22)23)15(10-25-27)18(29)24-11-16(28)26-13-6-2-1-3-7-13/h1-10H,11H2,(H,24,29)(H,26,28). The third-order valence-electron chi connectivity index (χ3n) is 3.80. The molecule has 0 saturated heterocycles. The van der Waals surface area contributed by atoms with Crippen LogP contribution >= 0.6 is 11.6 Å². The fourth-order valence-corrected chi connectivity index (χ4v) is 2.76. The average molecular weight is 423 g/mol. The summed E-state index contributed by atoms with van der Waals surface area (Å²) < 4.78 is 41.5. The van der Waals surface area contributed by atoms with Crippen molar-refractivity contribution < 1.29 is 22.8 Å². The maximum atomic E-state index is 13.6. The molecule has 10 heteroatoms. The Labute approximate surface area is 168 Å². The minimum absolute atomic E-state index is 0.0469. The number of para-hydroxylation sites is 1. The highest BCUT2D eigenvalue weighted by Crippen LogP contribution is 2.34. The molecule has 2 amide bonds. The molecule has 2 aromatic carbocycles. The van der Waals surface area contributed by atoms with Gasteiger partial charge >= 0.3 is 6.18 Å². The van der Waals surface area contributed by atoms with Crippen LogP contribution in [0.3, 0.4) is 0 Å². The van der Waals surface area contributed by atoms with Crippen LogP contribution < -0.4 is 10.6 Å². The van der Waals surface area contributed by atoms with Gasteiger partial charge in [0.15, 0.2) is 5.69 Å². The van der Waals surface area contributed by atoms with Crippen LogP contribution in [0.2, 0.25) is 5.02 Å². The van der Waals surface area contributed by atoms with Gasteiger partial charge < -0.3 is 10.6 Å². The van der Waals surface area contributed by atoms with E-state index >= 15 is 0 Å². The quantitative estimate of drug-likeness (QED) is 0.654. The second-order valence-corrected chi connectivity index (χ2v) is 6.33. The molecule has 0 atom stereocenters. The van der Waals surface area contributed by atoms with E-state index in [1.807, 2.05) is 0 Å². The first-order valence-electron chi connectivity index (χ1n) is 8.30. The Morgan fingerprint density at radius 3 is 2.45 bits per heavy atom. The molecule has 29 heavy (non-hydrogen) atoms. The summed E-state index contributed by atoms with van der Waals surface area (Å²) in [6.45, 7) is -0.507. The van der Waals surface area contributed by atoms with Crippen molar-refractivity contribution >= 4 is 29.1 Å². The SMILES string of the molecule is O=C(CNC(=O)c1cnn(-c2cccc(Cl)c2)c1C(F)(F)F)Nc1ccccc1. The number of carbonyl (C=O) groups is 2. The second kappa shape index (κ2) is 8.36. The van der Waals surface area contributed by atoms with Crippen LogP contribution in [-0.2, 0) is 11.0 Å². The molecule has 6 nitrogen and oxygen atoms in total. The number of amides is 2. The van der Waals surface area contributed by atoms with Gasteiger partial charge in [0.05, 0.1) is 24.0 Å². The van der Waals surface area contributed by atoms with Crippen LogP contribution in [0.4, 0.5) is 18.9 Å². The summed E-state index contributed by atoms with van der Waals surface area (Å²) in [6, 6.07) is 14.1. The number of nitrogens with one attached hydrogen (secondary N) is 2. The summed E-state index contributed by atoms with van der Waals surface area (Å²) in [5, 5.41) is 8.60. The Balaban J connectivity index is 1.79. The molecule has 0 radical (unpaired) electrons. The molecular weight excluding hydrogens is 409 g/mol. The minimum Gasteiger partial charge on any atom is -0.343 e. The highest BCUT2D eigenvalue weighted by atomic mass is 35.5. The van der Waals surface area contributed by atoms with E-state index in [1.54, 1.807) is 30.3 Å². The lowest BCUT2D eigenvalue weighted by atomic mass is 10.2. The summed E-state index contributed by atoms with van der Waals surface area (Å²) in [6.07, 6.45) is -4.06. The van der Waals surface area contributed by atoms with E-state index in [2.05, 4.69) is 15.7 Å². The van der Waals surface area contributed by atoms with Crippen molar-refractivity contribution in [3.63, 3.8) is 0 Å². The largest absolute Gasteiger partial charge is 0.434 e. The summed E-state index contributed by atoms with van der Waals surface area (Å²) in [7, 11) is 0. The van der Waals surface area contributed by atoms with Crippen LogP contribution in [-0.4, -0.2) is 28.1 Å². The Morgan fingerprint density at radius 1 is 1.07 bits per heavy atom. The number of alkyl halides is 3. The lowest BCUT2D eigenvalue weighted by Gasteiger charge is -2.13. The zero-order valence-corrected chi connectivity index (χ0v) is 15.5. The molecule has 3 aromatic rings. The van der Waals surface area contributed by atoms with Gasteiger partial charge in [-0.1, -0.05) is 35.9 Å². The number of halogens is 4. The first-order chi connectivity index (χ1) is 13.8. The van der Waals surface area contributed by atoms with Gasteiger partial charge in [0.2, 0.25) is 5.91 Å². The van der Waals surface area contributed by atoms with Gasteiger partial charge in [0.1, 0.15) is 0 Å². The highest BCUT2D eigenvalue weighted by molar-refractivity contribution is 6.30. The number of aromatic nitrogens is 2. The van der Waals surface area contributed by atoms with Gasteiger partial charge in [-0.3, -0.25) is 9.59 Å². The number of nitrogens with zero attached hydrogens (tertiary/aromatic N) is 2. The lowest BCUT2D eigenvalue weighted by molar-refractivity contribution is -0.143. The number of carbonyl (C=O) groups excluding carboxylic acids is 2. The monoisotopic (exact) mass is 422 g/mol. The van der Waals surface area contributed by atoms with Gasteiger partial charge in [0.25, 0.3) is 5.91 Å². The molecule has 0 aliphatic carbocycles. The van der Waals surface area contributed by atoms with Crippen molar-refractivity contribution in [1.82, 2.24) is 15.1 Å². The van der Waals surface area contributed by atoms with E-state index in [4.69, 9.17) is 11.6 Å². The first-order valence-corrected chi connectivity index (χ1v) is 8.68. The number of rotatable bonds is 5. The van der Waals surface area contributed by atoms with E-state index in [9.17, 15) is 22.8 Å². The van der Waals surface area contributed by atoms with Crippen LogP contribution in [0.1, 0.15) is 16.1 Å². The summed E-state index contributed by atoms with van der Waals surface area (Å²) in [5.74, 6) is -1.66. The Hall–Kier alpha value is -3.33. The molecule has 0 fully saturated rings. The molecule has 1 aromatic heterocycles. The van der Waals surface area contributed by atoms with Crippen molar-refractivity contribution in [3.05, 3.63) is 77.1 Å². The maximum absolute atomic E-state index is 13.6. The molecule has 0 bridgehead atoms. The highest BCUT2D eigenvalue weighted by Gasteiger charge is 2.40. The number of anilines is 1. The molecule has 3 rings (SSSR count). The number of hydrogen-bond donors (Lipinski definition) is 2. The maximum Gasteiger partial charge on any atom is 0.434 e. The molecule has 0 aliphatic heterocycles. The normalized spacial score (nSPS) is 11.2. The van der Waals surface area contributed by atoms with Gasteiger partial charge in [-0.2, -0.15) is 18.3 Å². The molecule has 0 saturated carbocycles. The van der Waals surface area contributed by atoms with Crippen molar-refractivity contribution in [1.29, 1.82) is 0 Å². The third-order valence-corrected chi connectivity index (χ3v) is 4.04. The molecule has 0 spiro atoms. The smallest absolute Gasteiger partial charge is 0.343 e. The van der Waals surface area contributed by atoms with Gasteiger partial charge in [-0.05, 0) is 30.3 Å². The first kappa shape index (κ1) is 20.4.